The largest absolute Gasteiger partial charge is 0.456 e. The van der Waals surface area contributed by atoms with Gasteiger partial charge in [0.2, 0.25) is 5.91 Å². The minimum Gasteiger partial charge on any atom is -0.456 e. The van der Waals surface area contributed by atoms with Crippen LogP contribution in [0, 0.1) is 13.8 Å². The van der Waals surface area contributed by atoms with Crippen LogP contribution in [0.3, 0.4) is 0 Å². The number of nitrogens with one attached hydrogen (secondary N) is 1. The van der Waals surface area contributed by atoms with Crippen LogP contribution in [0.1, 0.15) is 33.0 Å². The van der Waals surface area contributed by atoms with Gasteiger partial charge in [-0.15, -0.1) is 11.3 Å². The monoisotopic (exact) mass is 400 g/mol. The van der Waals surface area contributed by atoms with E-state index in [-0.39, 0.29) is 31.1 Å². The molecule has 0 radical (unpaired) electrons. The SMILES string of the molecule is Cc1cc(C(=O)CCC(=O)OCC(=O)N2CC(=O)Nc3ccccc32)c(C)s1. The summed E-state index contributed by atoms with van der Waals surface area (Å²) in [6.45, 7) is 3.18. The first-order chi connectivity index (χ1) is 13.3. The number of ether oxygens (including phenoxy) is 1. The predicted molar refractivity (Wildman–Crippen MR) is 106 cm³/mol. The van der Waals surface area contributed by atoms with Crippen molar-refractivity contribution in [1.29, 1.82) is 0 Å². The third kappa shape index (κ3) is 4.45. The molecule has 1 aliphatic rings. The average molecular weight is 400 g/mol. The van der Waals surface area contributed by atoms with Crippen LogP contribution < -0.4 is 10.2 Å². The van der Waals surface area contributed by atoms with Gasteiger partial charge >= 0.3 is 5.97 Å². The number of carbonyl (C=O) groups excluding carboxylic acids is 4. The Hall–Kier alpha value is -3.00. The highest BCUT2D eigenvalue weighted by Crippen LogP contribution is 2.28. The Balaban J connectivity index is 1.52. The summed E-state index contributed by atoms with van der Waals surface area (Å²) in [4.78, 5) is 51.6. The first-order valence-corrected chi connectivity index (χ1v) is 9.62. The lowest BCUT2D eigenvalue weighted by atomic mass is 10.1. The van der Waals surface area contributed by atoms with Crippen molar-refractivity contribution in [1.82, 2.24) is 0 Å². The number of amides is 2. The number of aryl methyl sites for hydroxylation is 2. The fourth-order valence-corrected chi connectivity index (χ4v) is 3.95. The molecule has 2 amide bonds. The first-order valence-electron chi connectivity index (χ1n) is 8.80. The van der Waals surface area contributed by atoms with E-state index >= 15 is 0 Å². The van der Waals surface area contributed by atoms with E-state index in [1.54, 1.807) is 24.3 Å². The second kappa shape index (κ2) is 8.35. The molecule has 8 heteroatoms. The molecule has 0 saturated carbocycles. The zero-order valence-electron chi connectivity index (χ0n) is 15.6. The molecule has 28 heavy (non-hydrogen) atoms. The molecule has 0 aliphatic carbocycles. The van der Waals surface area contributed by atoms with Crippen molar-refractivity contribution in [2.75, 3.05) is 23.4 Å². The third-order valence-corrected chi connectivity index (χ3v) is 5.29. The van der Waals surface area contributed by atoms with Crippen LogP contribution in [-0.4, -0.2) is 36.7 Å². The van der Waals surface area contributed by atoms with Crippen LogP contribution in [0.25, 0.3) is 0 Å². The lowest BCUT2D eigenvalue weighted by Gasteiger charge is -2.28. The maximum Gasteiger partial charge on any atom is 0.306 e. The molecule has 3 rings (SSSR count). The minimum atomic E-state index is -0.624. The Morgan fingerprint density at radius 3 is 2.64 bits per heavy atom. The normalized spacial score (nSPS) is 12.9. The van der Waals surface area contributed by atoms with Crippen molar-refractivity contribution in [3.63, 3.8) is 0 Å². The molecule has 1 N–H and O–H groups in total. The van der Waals surface area contributed by atoms with E-state index in [1.165, 1.54) is 16.2 Å². The van der Waals surface area contributed by atoms with Gasteiger partial charge in [-0.3, -0.25) is 24.1 Å². The highest BCUT2D eigenvalue weighted by molar-refractivity contribution is 7.12. The number of carbonyl (C=O) groups is 4. The van der Waals surface area contributed by atoms with Gasteiger partial charge in [-0.25, -0.2) is 0 Å². The van der Waals surface area contributed by atoms with Gasteiger partial charge in [-0.2, -0.15) is 0 Å². The summed E-state index contributed by atoms with van der Waals surface area (Å²) in [7, 11) is 0. The molecule has 0 unspecified atom stereocenters. The van der Waals surface area contributed by atoms with Gasteiger partial charge in [0.15, 0.2) is 12.4 Å². The summed E-state index contributed by atoms with van der Waals surface area (Å²) in [5.74, 6) is -1.55. The van der Waals surface area contributed by atoms with Crippen molar-refractivity contribution in [2.45, 2.75) is 26.7 Å². The predicted octanol–water partition coefficient (Wildman–Crippen LogP) is 2.86. The molecule has 0 saturated heterocycles. The van der Waals surface area contributed by atoms with Crippen molar-refractivity contribution in [2.24, 2.45) is 0 Å². The lowest BCUT2D eigenvalue weighted by Crippen LogP contribution is -2.44. The summed E-state index contributed by atoms with van der Waals surface area (Å²) in [6.07, 6.45) is -0.0729. The number of hydrogen-bond acceptors (Lipinski definition) is 6. The van der Waals surface area contributed by atoms with Crippen molar-refractivity contribution in [3.8, 4) is 0 Å². The highest BCUT2D eigenvalue weighted by atomic mass is 32.1. The number of benzene rings is 1. The Labute approximate surface area is 166 Å². The summed E-state index contributed by atoms with van der Waals surface area (Å²) in [5.41, 5.74) is 1.72. The summed E-state index contributed by atoms with van der Waals surface area (Å²) < 4.78 is 5.02. The number of ketones is 1. The number of thiophene rings is 1. The number of Topliss-reactive ketones (excluding diaryl/α,β-unsaturated/α-hetero) is 1. The molecule has 0 fully saturated rings. The number of para-hydroxylation sites is 2. The van der Waals surface area contributed by atoms with E-state index in [1.807, 2.05) is 19.9 Å². The number of hydrogen-bond donors (Lipinski definition) is 1. The Morgan fingerprint density at radius 1 is 1.18 bits per heavy atom. The van der Waals surface area contributed by atoms with E-state index < -0.39 is 18.5 Å². The zero-order valence-corrected chi connectivity index (χ0v) is 16.4. The molecule has 7 nitrogen and oxygen atoms in total. The smallest absolute Gasteiger partial charge is 0.306 e. The van der Waals surface area contributed by atoms with Gasteiger partial charge < -0.3 is 10.1 Å². The Kier molecular flexibility index (Phi) is 5.89. The molecule has 0 bridgehead atoms. The number of rotatable bonds is 6. The van der Waals surface area contributed by atoms with Crippen LogP contribution in [0.5, 0.6) is 0 Å². The van der Waals surface area contributed by atoms with E-state index in [2.05, 4.69) is 5.32 Å². The number of anilines is 2. The number of esters is 1. The fourth-order valence-electron chi connectivity index (χ4n) is 3.01. The van der Waals surface area contributed by atoms with Gasteiger partial charge in [0, 0.05) is 21.7 Å². The van der Waals surface area contributed by atoms with Crippen LogP contribution in [0.4, 0.5) is 11.4 Å². The van der Waals surface area contributed by atoms with Gasteiger partial charge in [0.05, 0.1) is 17.8 Å². The van der Waals surface area contributed by atoms with Crippen molar-refractivity contribution in [3.05, 3.63) is 45.6 Å². The van der Waals surface area contributed by atoms with E-state index in [0.29, 0.717) is 16.9 Å². The Morgan fingerprint density at radius 2 is 1.93 bits per heavy atom. The number of fused-ring (bicyclic) bond motifs is 1. The molecule has 0 spiro atoms. The second-order valence-corrected chi connectivity index (χ2v) is 7.92. The molecule has 146 valence electrons. The summed E-state index contributed by atoms with van der Waals surface area (Å²) in [6, 6.07) is 8.72. The molecular weight excluding hydrogens is 380 g/mol. The highest BCUT2D eigenvalue weighted by Gasteiger charge is 2.27. The lowest BCUT2D eigenvalue weighted by molar-refractivity contribution is -0.147. The fraction of sp³-hybridized carbons (Fsp3) is 0.300. The average Bonchev–Trinajstić information content (AvgIpc) is 3.01. The summed E-state index contributed by atoms with van der Waals surface area (Å²) in [5, 5.41) is 2.69. The topological polar surface area (TPSA) is 92.8 Å². The maximum atomic E-state index is 12.4. The first kappa shape index (κ1) is 19.8. The van der Waals surface area contributed by atoms with Crippen LogP contribution in [0.15, 0.2) is 30.3 Å². The van der Waals surface area contributed by atoms with Gasteiger partial charge in [-0.1, -0.05) is 12.1 Å². The van der Waals surface area contributed by atoms with Crippen LogP contribution >= 0.6 is 11.3 Å². The molecule has 1 aromatic heterocycles. The standard InChI is InChI=1S/C20H20N2O5S/c1-12-9-14(13(2)28-12)17(23)7-8-20(26)27-11-19(25)22-10-18(24)21-15-5-3-4-6-16(15)22/h3-6,9H,7-8,10-11H2,1-2H3,(H,21,24). The van der Waals surface area contributed by atoms with Gasteiger partial charge in [-0.05, 0) is 32.0 Å². The van der Waals surface area contributed by atoms with Crippen molar-refractivity contribution < 1.29 is 23.9 Å². The minimum absolute atomic E-state index is 0.0268. The Bertz CT molecular complexity index is 950. The van der Waals surface area contributed by atoms with Gasteiger partial charge in [0.1, 0.15) is 6.54 Å². The zero-order chi connectivity index (χ0) is 20.3. The summed E-state index contributed by atoms with van der Waals surface area (Å²) >= 11 is 1.54. The number of nitrogens with zero attached hydrogens (tertiary/aromatic N) is 1. The molecule has 0 atom stereocenters. The molecule has 1 aromatic carbocycles. The second-order valence-electron chi connectivity index (χ2n) is 6.46. The van der Waals surface area contributed by atoms with Crippen molar-refractivity contribution >= 4 is 46.3 Å². The quantitative estimate of drug-likeness (QED) is 0.595. The van der Waals surface area contributed by atoms with Gasteiger partial charge in [0.25, 0.3) is 5.91 Å². The molecule has 2 heterocycles. The third-order valence-electron chi connectivity index (χ3n) is 4.33. The van der Waals surface area contributed by atoms with E-state index in [9.17, 15) is 19.2 Å². The molecule has 1 aliphatic heterocycles. The molecule has 2 aromatic rings. The van der Waals surface area contributed by atoms with E-state index in [4.69, 9.17) is 4.74 Å². The molecular formula is C20H20N2O5S. The van der Waals surface area contributed by atoms with E-state index in [0.717, 1.165) is 9.75 Å². The maximum absolute atomic E-state index is 12.4. The van der Waals surface area contributed by atoms with Crippen LogP contribution in [0.2, 0.25) is 0 Å². The van der Waals surface area contributed by atoms with Crippen LogP contribution in [-0.2, 0) is 19.1 Å².